The summed E-state index contributed by atoms with van der Waals surface area (Å²) in [5.41, 5.74) is 11.8. The van der Waals surface area contributed by atoms with E-state index in [-0.39, 0.29) is 12.1 Å². The summed E-state index contributed by atoms with van der Waals surface area (Å²) in [5, 5.41) is 2.32. The molecule has 0 spiro atoms. The summed E-state index contributed by atoms with van der Waals surface area (Å²) in [6.45, 7) is 4.74. The van der Waals surface area contributed by atoms with Gasteiger partial charge in [0.05, 0.1) is 0 Å². The molecule has 3 aliphatic rings. The molecule has 222 valence electrons. The number of benzene rings is 7. The van der Waals surface area contributed by atoms with Crippen LogP contribution in [0.25, 0.3) is 21.9 Å². The Labute approximate surface area is 274 Å². The Kier molecular flexibility index (Phi) is 5.43. The van der Waals surface area contributed by atoms with E-state index in [0.29, 0.717) is 0 Å². The van der Waals surface area contributed by atoms with Gasteiger partial charge in [-0.15, -0.1) is 0 Å². The van der Waals surface area contributed by atoms with E-state index in [1.54, 1.807) is 0 Å². The fourth-order valence-electron chi connectivity index (χ4n) is 8.11. The second-order valence-electron chi connectivity index (χ2n) is 13.3. The maximum Gasteiger partial charge on any atom is 0.260 e. The van der Waals surface area contributed by atoms with Crippen molar-refractivity contribution in [3.8, 4) is 34.1 Å². The molecule has 7 aromatic carbocycles. The lowest BCUT2D eigenvalue weighted by Gasteiger charge is -2.34. The van der Waals surface area contributed by atoms with Crippen LogP contribution in [0.3, 0.4) is 0 Å². The molecule has 10 rings (SSSR count). The van der Waals surface area contributed by atoms with Crippen molar-refractivity contribution in [3.05, 3.63) is 157 Å². The molecule has 0 aromatic heterocycles. The Morgan fingerprint density at radius 3 is 1.96 bits per heavy atom. The van der Waals surface area contributed by atoms with E-state index >= 15 is 0 Å². The molecule has 0 bridgehead atoms. The van der Waals surface area contributed by atoms with Gasteiger partial charge in [-0.05, 0) is 93.2 Å². The van der Waals surface area contributed by atoms with Crippen LogP contribution in [-0.4, -0.2) is 6.71 Å². The number of nitrogens with zero attached hydrogens (tertiary/aromatic N) is 1. The zero-order valence-electron chi connectivity index (χ0n) is 26.2. The van der Waals surface area contributed by atoms with Gasteiger partial charge < -0.3 is 14.4 Å². The second kappa shape index (κ2) is 9.64. The molecule has 0 radical (unpaired) electrons. The number of fused-ring (bicyclic) bond motifs is 9. The summed E-state index contributed by atoms with van der Waals surface area (Å²) in [4.78, 5) is 2.34. The van der Waals surface area contributed by atoms with Crippen LogP contribution in [0.15, 0.2) is 146 Å². The second-order valence-corrected chi connectivity index (χ2v) is 13.3. The third-order valence-electron chi connectivity index (χ3n) is 10.4. The molecule has 2 heterocycles. The third-order valence-corrected chi connectivity index (χ3v) is 10.4. The van der Waals surface area contributed by atoms with E-state index in [9.17, 15) is 0 Å². The quantitative estimate of drug-likeness (QED) is 0.188. The fraction of sp³-hybridized carbons (Fsp3) is 0.0698. The number of hydrogen-bond donors (Lipinski definition) is 0. The van der Waals surface area contributed by atoms with Crippen LogP contribution in [0.4, 0.5) is 17.1 Å². The Morgan fingerprint density at radius 1 is 0.511 bits per heavy atom. The Hall–Kier alpha value is -5.74. The maximum atomic E-state index is 6.72. The Morgan fingerprint density at radius 2 is 1.19 bits per heavy atom. The van der Waals surface area contributed by atoms with Gasteiger partial charge in [-0.25, -0.2) is 0 Å². The Bertz CT molecular complexity index is 2360. The summed E-state index contributed by atoms with van der Waals surface area (Å²) in [5.74, 6) is 3.60. The highest BCUT2D eigenvalue weighted by Gasteiger charge is 2.44. The first kappa shape index (κ1) is 26.5. The monoisotopic (exact) mass is 603 g/mol. The first-order valence-corrected chi connectivity index (χ1v) is 16.3. The number of rotatable bonds is 3. The molecule has 0 N–H and O–H groups in total. The fourth-order valence-corrected chi connectivity index (χ4v) is 8.11. The van der Waals surface area contributed by atoms with Gasteiger partial charge in [0.25, 0.3) is 6.71 Å². The van der Waals surface area contributed by atoms with E-state index in [0.717, 1.165) is 50.9 Å². The van der Waals surface area contributed by atoms with Gasteiger partial charge in [-0.3, -0.25) is 0 Å². The van der Waals surface area contributed by atoms with Crippen molar-refractivity contribution in [2.75, 3.05) is 4.90 Å². The van der Waals surface area contributed by atoms with Gasteiger partial charge in [0.2, 0.25) is 0 Å². The minimum atomic E-state index is -0.216. The SMILES string of the molecule is CC1(C)c2cc(N(c3ccccc3)c3ccccc3)ccc2-c2cc3c(cc21)B1c2ccc4ccccc4c2Oc2cccc(c21)O3. The van der Waals surface area contributed by atoms with Gasteiger partial charge in [-0.2, -0.15) is 0 Å². The minimum absolute atomic E-state index is 0.0188. The smallest absolute Gasteiger partial charge is 0.260 e. The molecule has 0 atom stereocenters. The van der Waals surface area contributed by atoms with Crippen molar-refractivity contribution >= 4 is 50.9 Å². The topological polar surface area (TPSA) is 21.7 Å². The predicted octanol–water partition coefficient (Wildman–Crippen LogP) is 9.34. The highest BCUT2D eigenvalue weighted by atomic mass is 16.5. The summed E-state index contributed by atoms with van der Waals surface area (Å²) in [6, 6.07) is 52.0. The highest BCUT2D eigenvalue weighted by Crippen LogP contribution is 2.52. The summed E-state index contributed by atoms with van der Waals surface area (Å²) in [7, 11) is 0. The third kappa shape index (κ3) is 3.76. The number of para-hydroxylation sites is 2. The van der Waals surface area contributed by atoms with Crippen molar-refractivity contribution in [2.24, 2.45) is 0 Å². The van der Waals surface area contributed by atoms with E-state index in [2.05, 4.69) is 158 Å². The molecule has 47 heavy (non-hydrogen) atoms. The first-order valence-electron chi connectivity index (χ1n) is 16.3. The lowest BCUT2D eigenvalue weighted by molar-refractivity contribution is 0.467. The van der Waals surface area contributed by atoms with Crippen molar-refractivity contribution in [2.45, 2.75) is 19.3 Å². The van der Waals surface area contributed by atoms with Crippen LogP contribution in [0.1, 0.15) is 25.0 Å². The van der Waals surface area contributed by atoms with Crippen molar-refractivity contribution in [1.29, 1.82) is 0 Å². The molecule has 1 aliphatic carbocycles. The molecule has 0 saturated heterocycles. The first-order chi connectivity index (χ1) is 23.1. The molecule has 7 aromatic rings. The average molecular weight is 604 g/mol. The molecular formula is C43H30BNO2. The summed E-state index contributed by atoms with van der Waals surface area (Å²) in [6.07, 6.45) is 0. The minimum Gasteiger partial charge on any atom is -0.458 e. The molecule has 2 aliphatic heterocycles. The van der Waals surface area contributed by atoms with E-state index in [1.165, 1.54) is 38.6 Å². The van der Waals surface area contributed by atoms with Crippen molar-refractivity contribution < 1.29 is 9.47 Å². The van der Waals surface area contributed by atoms with Crippen LogP contribution in [0, 0.1) is 0 Å². The zero-order valence-corrected chi connectivity index (χ0v) is 26.2. The largest absolute Gasteiger partial charge is 0.458 e. The summed E-state index contributed by atoms with van der Waals surface area (Å²) >= 11 is 0. The van der Waals surface area contributed by atoms with Crippen LogP contribution in [-0.2, 0) is 5.41 Å². The van der Waals surface area contributed by atoms with E-state index in [4.69, 9.17) is 9.47 Å². The molecular weight excluding hydrogens is 573 g/mol. The van der Waals surface area contributed by atoms with Gasteiger partial charge in [0.15, 0.2) is 0 Å². The molecule has 4 heteroatoms. The van der Waals surface area contributed by atoms with Gasteiger partial charge >= 0.3 is 0 Å². The zero-order chi connectivity index (χ0) is 31.3. The van der Waals surface area contributed by atoms with Gasteiger partial charge in [-0.1, -0.05) is 105 Å². The molecule has 0 saturated carbocycles. The lowest BCUT2D eigenvalue weighted by Crippen LogP contribution is -2.57. The van der Waals surface area contributed by atoms with E-state index in [1.807, 2.05) is 6.07 Å². The average Bonchev–Trinajstić information content (AvgIpc) is 3.33. The number of anilines is 3. The van der Waals surface area contributed by atoms with Gasteiger partial charge in [0, 0.05) is 33.3 Å². The predicted molar refractivity (Wildman–Crippen MR) is 194 cm³/mol. The number of hydrogen-bond acceptors (Lipinski definition) is 3. The van der Waals surface area contributed by atoms with Crippen LogP contribution < -0.4 is 30.8 Å². The van der Waals surface area contributed by atoms with Crippen molar-refractivity contribution in [1.82, 2.24) is 0 Å². The summed E-state index contributed by atoms with van der Waals surface area (Å²) < 4.78 is 13.4. The normalized spacial score (nSPS) is 14.2. The number of ether oxygens (including phenoxy) is 2. The highest BCUT2D eigenvalue weighted by molar-refractivity contribution is 6.98. The van der Waals surface area contributed by atoms with Crippen LogP contribution in [0.2, 0.25) is 0 Å². The van der Waals surface area contributed by atoms with E-state index < -0.39 is 0 Å². The van der Waals surface area contributed by atoms with Crippen LogP contribution in [0.5, 0.6) is 23.0 Å². The molecule has 3 nitrogen and oxygen atoms in total. The molecule has 0 fully saturated rings. The van der Waals surface area contributed by atoms with Gasteiger partial charge in [0.1, 0.15) is 23.0 Å². The van der Waals surface area contributed by atoms with Crippen molar-refractivity contribution in [3.63, 3.8) is 0 Å². The Balaban J connectivity index is 1.15. The lowest BCUT2D eigenvalue weighted by atomic mass is 9.34. The molecule has 0 amide bonds. The van der Waals surface area contributed by atoms with Crippen LogP contribution >= 0.6 is 0 Å². The standard InChI is InChI=1S/C43H30BNO2/c1-43(2)34-24-30(45(28-13-5-3-6-14-28)29-15-7-4-8-16-29)21-22-32(34)33-25-40-37(26-35(33)43)44-36-23-20-27-12-9-10-17-31(27)42(36)47-39-19-11-18-38(46-40)41(39)44/h3-26H,1-2H3. The molecule has 0 unspecified atom stereocenters. The maximum absolute atomic E-state index is 6.72.